The Bertz CT molecular complexity index is 1300. The number of imidazole rings is 1. The summed E-state index contributed by atoms with van der Waals surface area (Å²) in [6, 6.07) is 9.50. The highest BCUT2D eigenvalue weighted by molar-refractivity contribution is 7.92. The Balaban J connectivity index is 1.60. The fourth-order valence-corrected chi connectivity index (χ4v) is 7.24. The maximum absolute atomic E-state index is 13.3. The van der Waals surface area contributed by atoms with Crippen LogP contribution in [-0.4, -0.2) is 43.4 Å². The third-order valence-corrected chi connectivity index (χ3v) is 9.25. The molecule has 1 saturated heterocycles. The number of hydrogen-bond acceptors (Lipinski definition) is 7. The van der Waals surface area contributed by atoms with Gasteiger partial charge in [-0.1, -0.05) is 38.1 Å². The minimum Gasteiger partial charge on any atom is -0.443 e. The van der Waals surface area contributed by atoms with Crippen LogP contribution in [0.25, 0.3) is 11.1 Å². The topological polar surface area (TPSA) is 99.5 Å². The Hall–Kier alpha value is -2.40. The Morgan fingerprint density at radius 3 is 2.67 bits per heavy atom. The smallest absolute Gasteiger partial charge is 0.421 e. The summed E-state index contributed by atoms with van der Waals surface area (Å²) >= 11 is 7.34. The van der Waals surface area contributed by atoms with Crippen molar-refractivity contribution in [1.82, 2.24) is 14.3 Å². The molecule has 0 spiro atoms. The molecule has 11 heteroatoms. The number of carbonyl (C=O) groups is 1. The van der Waals surface area contributed by atoms with E-state index in [0.29, 0.717) is 29.8 Å². The lowest BCUT2D eigenvalue weighted by atomic mass is 10.0. The van der Waals surface area contributed by atoms with Crippen LogP contribution in [0.4, 0.5) is 4.79 Å². The lowest BCUT2D eigenvalue weighted by Crippen LogP contribution is -2.36. The number of ether oxygens (including phenoxy) is 2. The number of amides is 1. The van der Waals surface area contributed by atoms with E-state index in [1.807, 2.05) is 48.0 Å². The molecule has 2 atom stereocenters. The van der Waals surface area contributed by atoms with Crippen LogP contribution in [0.1, 0.15) is 50.1 Å². The molecule has 0 bridgehead atoms. The molecule has 1 aliphatic heterocycles. The number of aromatic nitrogens is 2. The third-order valence-electron chi connectivity index (χ3n) is 5.96. The number of sulfonamides is 1. The number of carbonyl (C=O) groups excluding carboxylic acids is 1. The van der Waals surface area contributed by atoms with E-state index in [0.717, 1.165) is 28.8 Å². The van der Waals surface area contributed by atoms with Crippen LogP contribution in [0.5, 0.6) is 0 Å². The second-order valence-corrected chi connectivity index (χ2v) is 12.6. The van der Waals surface area contributed by atoms with Crippen LogP contribution in [0.3, 0.4) is 0 Å². The minimum atomic E-state index is -4.15. The van der Waals surface area contributed by atoms with Crippen LogP contribution in [-0.2, 0) is 25.9 Å². The highest BCUT2D eigenvalue weighted by Crippen LogP contribution is 2.37. The standard InChI is InChI=1S/C25H30ClN3O5S2/c1-16(2)13-21-14-22(19-8-6-18(7-9-19)17(3)29-11-10-27-24(29)26)23(35-21)36(31,32)28-25(30)34-20-5-4-12-33-15-20/h6-11,14,16-17,20H,4-5,12-13,15H2,1-3H3,(H,28,30). The van der Waals surface area contributed by atoms with Crippen LogP contribution in [0.2, 0.25) is 5.28 Å². The lowest BCUT2D eigenvalue weighted by molar-refractivity contribution is -0.0148. The van der Waals surface area contributed by atoms with Gasteiger partial charge in [0.15, 0.2) is 0 Å². The van der Waals surface area contributed by atoms with Crippen LogP contribution < -0.4 is 4.72 Å². The van der Waals surface area contributed by atoms with Crippen molar-refractivity contribution in [2.24, 2.45) is 5.92 Å². The normalized spacial score (nSPS) is 17.2. The van der Waals surface area contributed by atoms with Crippen LogP contribution >= 0.6 is 22.9 Å². The number of benzene rings is 1. The van der Waals surface area contributed by atoms with Gasteiger partial charge in [0, 0.05) is 29.4 Å². The van der Waals surface area contributed by atoms with Gasteiger partial charge in [-0.05, 0) is 60.9 Å². The molecule has 3 heterocycles. The predicted octanol–water partition coefficient (Wildman–Crippen LogP) is 5.67. The molecule has 1 aromatic carbocycles. The Kier molecular flexibility index (Phi) is 8.39. The largest absolute Gasteiger partial charge is 0.443 e. The molecular formula is C25H30ClN3O5S2. The maximum atomic E-state index is 13.3. The van der Waals surface area contributed by atoms with E-state index < -0.39 is 22.2 Å². The molecule has 36 heavy (non-hydrogen) atoms. The molecule has 1 N–H and O–H groups in total. The van der Waals surface area contributed by atoms with Crippen LogP contribution in [0.15, 0.2) is 46.9 Å². The Morgan fingerprint density at radius 1 is 1.31 bits per heavy atom. The van der Waals surface area contributed by atoms with Crippen molar-refractivity contribution >= 4 is 39.1 Å². The molecule has 1 fully saturated rings. The van der Waals surface area contributed by atoms with Gasteiger partial charge < -0.3 is 14.0 Å². The van der Waals surface area contributed by atoms with Crippen molar-refractivity contribution in [3.8, 4) is 11.1 Å². The van der Waals surface area contributed by atoms with Gasteiger partial charge in [0.05, 0.1) is 12.6 Å². The summed E-state index contributed by atoms with van der Waals surface area (Å²) < 4.78 is 41.2. The number of hydrogen-bond donors (Lipinski definition) is 1. The van der Waals surface area contributed by atoms with Gasteiger partial charge in [-0.15, -0.1) is 11.3 Å². The van der Waals surface area contributed by atoms with Gasteiger partial charge >= 0.3 is 6.09 Å². The molecule has 194 valence electrons. The molecule has 4 rings (SSSR count). The van der Waals surface area contributed by atoms with Crippen molar-refractivity contribution in [2.45, 2.75) is 56.4 Å². The monoisotopic (exact) mass is 551 g/mol. The zero-order valence-corrected chi connectivity index (χ0v) is 22.8. The summed E-state index contributed by atoms with van der Waals surface area (Å²) in [5.41, 5.74) is 2.29. The molecule has 0 saturated carbocycles. The first-order chi connectivity index (χ1) is 17.1. The average molecular weight is 552 g/mol. The van der Waals surface area contributed by atoms with E-state index in [4.69, 9.17) is 21.1 Å². The average Bonchev–Trinajstić information content (AvgIpc) is 3.45. The van der Waals surface area contributed by atoms with Gasteiger partial charge in [0.1, 0.15) is 10.3 Å². The van der Waals surface area contributed by atoms with Gasteiger partial charge in [-0.3, -0.25) is 0 Å². The van der Waals surface area contributed by atoms with Gasteiger partial charge in [0.2, 0.25) is 5.28 Å². The fraction of sp³-hybridized carbons (Fsp3) is 0.440. The van der Waals surface area contributed by atoms with E-state index in [9.17, 15) is 13.2 Å². The fourth-order valence-electron chi connectivity index (χ4n) is 4.15. The molecular weight excluding hydrogens is 522 g/mol. The summed E-state index contributed by atoms with van der Waals surface area (Å²) in [6.07, 6.45) is 4.15. The highest BCUT2D eigenvalue weighted by atomic mass is 35.5. The molecule has 2 unspecified atom stereocenters. The van der Waals surface area contributed by atoms with E-state index in [1.165, 1.54) is 11.3 Å². The van der Waals surface area contributed by atoms with Gasteiger partial charge in [-0.2, -0.15) is 0 Å². The molecule has 0 radical (unpaired) electrons. The number of nitrogens with zero attached hydrogens (tertiary/aromatic N) is 2. The first kappa shape index (κ1) is 26.7. The molecule has 1 aliphatic rings. The van der Waals surface area contributed by atoms with Crippen molar-refractivity contribution in [2.75, 3.05) is 13.2 Å². The summed E-state index contributed by atoms with van der Waals surface area (Å²) in [5, 5.41) is 0.397. The van der Waals surface area contributed by atoms with Gasteiger partial charge in [0.25, 0.3) is 10.0 Å². The second kappa shape index (κ2) is 11.3. The summed E-state index contributed by atoms with van der Waals surface area (Å²) in [6.45, 7) is 7.05. The summed E-state index contributed by atoms with van der Waals surface area (Å²) in [5.74, 6) is 0.347. The summed E-state index contributed by atoms with van der Waals surface area (Å²) in [4.78, 5) is 17.4. The van der Waals surface area contributed by atoms with Crippen molar-refractivity contribution in [1.29, 1.82) is 0 Å². The molecule has 1 amide bonds. The first-order valence-corrected chi connectivity index (χ1v) is 14.5. The highest BCUT2D eigenvalue weighted by Gasteiger charge is 2.28. The lowest BCUT2D eigenvalue weighted by Gasteiger charge is -2.22. The van der Waals surface area contributed by atoms with Crippen molar-refractivity contribution in [3.63, 3.8) is 0 Å². The third kappa shape index (κ3) is 6.29. The maximum Gasteiger partial charge on any atom is 0.421 e. The number of rotatable bonds is 8. The van der Waals surface area contributed by atoms with E-state index in [-0.39, 0.29) is 16.9 Å². The summed E-state index contributed by atoms with van der Waals surface area (Å²) in [7, 11) is -4.15. The van der Waals surface area contributed by atoms with Crippen molar-refractivity contribution in [3.05, 3.63) is 58.4 Å². The molecule has 2 aromatic heterocycles. The van der Waals surface area contributed by atoms with E-state index in [2.05, 4.69) is 23.6 Å². The minimum absolute atomic E-state index is 0.0450. The molecule has 8 nitrogen and oxygen atoms in total. The first-order valence-electron chi connectivity index (χ1n) is 11.9. The Morgan fingerprint density at radius 2 is 2.06 bits per heavy atom. The predicted molar refractivity (Wildman–Crippen MR) is 140 cm³/mol. The SMILES string of the molecule is CC(C)Cc1cc(-c2ccc(C(C)n3ccnc3Cl)cc2)c(S(=O)(=O)NC(=O)OC2CCCOC2)s1. The van der Waals surface area contributed by atoms with Crippen molar-refractivity contribution < 1.29 is 22.7 Å². The zero-order valence-electron chi connectivity index (χ0n) is 20.4. The molecule has 3 aromatic rings. The van der Waals surface area contributed by atoms with E-state index >= 15 is 0 Å². The molecule has 0 aliphatic carbocycles. The van der Waals surface area contributed by atoms with Gasteiger partial charge in [-0.25, -0.2) is 22.9 Å². The number of thiophene rings is 1. The Labute approximate surface area is 220 Å². The zero-order chi connectivity index (χ0) is 25.9. The number of halogens is 1. The number of nitrogens with one attached hydrogen (secondary N) is 1. The quantitative estimate of drug-likeness (QED) is 0.387. The second-order valence-electron chi connectivity index (χ2n) is 9.26. The van der Waals surface area contributed by atoms with Crippen LogP contribution in [0, 0.1) is 5.92 Å². The van der Waals surface area contributed by atoms with E-state index in [1.54, 1.807) is 6.20 Å².